The number of hydrogen-bond donors (Lipinski definition) is 4. The second-order valence-electron chi connectivity index (χ2n) is 4.37. The van der Waals surface area contributed by atoms with E-state index in [4.69, 9.17) is 16.3 Å². The van der Waals surface area contributed by atoms with Crippen molar-refractivity contribution in [1.29, 1.82) is 0 Å². The van der Waals surface area contributed by atoms with E-state index in [1.165, 1.54) is 12.1 Å². The van der Waals surface area contributed by atoms with Crippen LogP contribution >= 0.6 is 11.6 Å². The van der Waals surface area contributed by atoms with Gasteiger partial charge in [-0.3, -0.25) is 0 Å². The van der Waals surface area contributed by atoms with Crippen molar-refractivity contribution in [2.24, 2.45) is 0 Å². The fraction of sp³-hybridized carbons (Fsp3) is 0.200. The summed E-state index contributed by atoms with van der Waals surface area (Å²) in [6, 6.07) is 8.02. The topological polar surface area (TPSA) is 82.0 Å². The zero-order valence-electron chi connectivity index (χ0n) is 11.4. The molecule has 6 heteroatoms. The average molecular weight is 310 g/mol. The largest absolute Gasteiger partial charge is 0.504 e. The molecule has 21 heavy (non-hydrogen) atoms. The monoisotopic (exact) mass is 309 g/mol. The lowest BCUT2D eigenvalue weighted by Crippen LogP contribution is -2.03. The Kier molecular flexibility index (Phi) is 4.65. The maximum atomic E-state index is 9.78. The number of benzene rings is 2. The van der Waals surface area contributed by atoms with Gasteiger partial charge in [0.05, 0.1) is 12.3 Å². The minimum absolute atomic E-state index is 0.236. The fourth-order valence-corrected chi connectivity index (χ4v) is 2.04. The quantitative estimate of drug-likeness (QED) is 0.636. The van der Waals surface area contributed by atoms with Crippen molar-refractivity contribution in [2.75, 3.05) is 11.9 Å². The molecule has 112 valence electrons. The third-order valence-corrected chi connectivity index (χ3v) is 3.16. The number of rotatable bonds is 5. The van der Waals surface area contributed by atoms with Crippen molar-refractivity contribution in [3.05, 3.63) is 40.9 Å². The van der Waals surface area contributed by atoms with Gasteiger partial charge in [0.2, 0.25) is 5.75 Å². The minimum Gasteiger partial charge on any atom is -0.504 e. The Morgan fingerprint density at radius 2 is 1.86 bits per heavy atom. The molecule has 2 aromatic carbocycles. The second-order valence-corrected chi connectivity index (χ2v) is 4.80. The molecule has 0 saturated heterocycles. The molecule has 0 bridgehead atoms. The first-order chi connectivity index (χ1) is 10.0. The molecule has 5 nitrogen and oxygen atoms in total. The van der Waals surface area contributed by atoms with Crippen LogP contribution in [0.1, 0.15) is 12.5 Å². The van der Waals surface area contributed by atoms with Crippen molar-refractivity contribution in [1.82, 2.24) is 0 Å². The van der Waals surface area contributed by atoms with Crippen molar-refractivity contribution in [3.63, 3.8) is 0 Å². The maximum Gasteiger partial charge on any atom is 0.200 e. The number of aromatic hydroxyl groups is 3. The van der Waals surface area contributed by atoms with Gasteiger partial charge >= 0.3 is 0 Å². The summed E-state index contributed by atoms with van der Waals surface area (Å²) in [7, 11) is 0. The van der Waals surface area contributed by atoms with Gasteiger partial charge in [0.25, 0.3) is 0 Å². The molecular formula is C15H16ClNO4. The molecular weight excluding hydrogens is 294 g/mol. The van der Waals surface area contributed by atoms with E-state index in [0.29, 0.717) is 28.6 Å². The van der Waals surface area contributed by atoms with E-state index in [-0.39, 0.29) is 18.0 Å². The van der Waals surface area contributed by atoms with E-state index in [9.17, 15) is 15.3 Å². The molecule has 0 radical (unpaired) electrons. The summed E-state index contributed by atoms with van der Waals surface area (Å²) in [6.45, 7) is 2.63. The molecule has 2 aromatic rings. The van der Waals surface area contributed by atoms with Crippen LogP contribution in [0, 0.1) is 0 Å². The smallest absolute Gasteiger partial charge is 0.200 e. The summed E-state index contributed by atoms with van der Waals surface area (Å²) in [6.07, 6.45) is 0. The highest BCUT2D eigenvalue weighted by Crippen LogP contribution is 2.37. The number of ether oxygens (including phenoxy) is 1. The fourth-order valence-electron chi connectivity index (χ4n) is 1.87. The third-order valence-electron chi connectivity index (χ3n) is 2.92. The molecule has 2 rings (SSSR count). The van der Waals surface area contributed by atoms with Gasteiger partial charge in [-0.15, -0.1) is 0 Å². The molecule has 0 aliphatic heterocycles. The predicted octanol–water partition coefficient (Wildman–Crippen LogP) is 3.47. The zero-order chi connectivity index (χ0) is 15.4. The minimum atomic E-state index is -0.537. The summed E-state index contributed by atoms with van der Waals surface area (Å²) in [5.41, 5.74) is 1.11. The first-order valence-corrected chi connectivity index (χ1v) is 6.79. The van der Waals surface area contributed by atoms with Crippen molar-refractivity contribution >= 4 is 17.3 Å². The average Bonchev–Trinajstić information content (AvgIpc) is 2.47. The van der Waals surface area contributed by atoms with Crippen LogP contribution < -0.4 is 10.1 Å². The van der Waals surface area contributed by atoms with Gasteiger partial charge in [0, 0.05) is 17.1 Å². The molecule has 0 aliphatic carbocycles. The molecule has 4 N–H and O–H groups in total. The van der Waals surface area contributed by atoms with E-state index >= 15 is 0 Å². The first kappa shape index (κ1) is 15.1. The van der Waals surface area contributed by atoms with Crippen molar-refractivity contribution in [2.45, 2.75) is 13.5 Å². The first-order valence-electron chi connectivity index (χ1n) is 6.42. The molecule has 0 amide bonds. The Morgan fingerprint density at radius 3 is 2.57 bits per heavy atom. The van der Waals surface area contributed by atoms with Gasteiger partial charge in [0.15, 0.2) is 11.5 Å². The van der Waals surface area contributed by atoms with Crippen LogP contribution in [0.15, 0.2) is 30.3 Å². The highest BCUT2D eigenvalue weighted by Gasteiger charge is 2.12. The summed E-state index contributed by atoms with van der Waals surface area (Å²) in [5.74, 6) is -0.619. The van der Waals surface area contributed by atoms with Gasteiger partial charge in [0.1, 0.15) is 5.75 Å². The number of phenolic OH excluding ortho intramolecular Hbond substituents is 3. The van der Waals surface area contributed by atoms with Crippen LogP contribution in [-0.2, 0) is 6.54 Å². The van der Waals surface area contributed by atoms with Crippen LogP contribution in [-0.4, -0.2) is 21.9 Å². The molecule has 0 aliphatic rings. The van der Waals surface area contributed by atoms with E-state index in [1.807, 2.05) is 6.92 Å². The predicted molar refractivity (Wildman–Crippen MR) is 81.4 cm³/mol. The van der Waals surface area contributed by atoms with E-state index in [0.717, 1.165) is 0 Å². The maximum absolute atomic E-state index is 9.78. The van der Waals surface area contributed by atoms with Gasteiger partial charge in [-0.1, -0.05) is 11.6 Å². The SMILES string of the molecule is CCOc1ccc(Cl)cc1NCc1ccc(O)c(O)c1O. The summed E-state index contributed by atoms with van der Waals surface area (Å²) >= 11 is 5.96. The van der Waals surface area contributed by atoms with Crippen LogP contribution in [0.4, 0.5) is 5.69 Å². The normalized spacial score (nSPS) is 10.4. The molecule has 0 spiro atoms. The molecule has 0 unspecified atom stereocenters. The Balaban J connectivity index is 2.20. The van der Waals surface area contributed by atoms with E-state index < -0.39 is 5.75 Å². The second kappa shape index (κ2) is 6.45. The van der Waals surface area contributed by atoms with Crippen molar-refractivity contribution in [3.8, 4) is 23.0 Å². The standard InChI is InChI=1S/C15H16ClNO4/c1-2-21-13-6-4-10(16)7-11(13)17-8-9-3-5-12(18)15(20)14(9)19/h3-7,17-20H,2,8H2,1H3. The van der Waals surface area contributed by atoms with Crippen LogP contribution in [0.5, 0.6) is 23.0 Å². The van der Waals surface area contributed by atoms with Crippen LogP contribution in [0.3, 0.4) is 0 Å². The Bertz CT molecular complexity index is 646. The molecule has 0 heterocycles. The molecule has 0 saturated carbocycles. The molecule has 0 aromatic heterocycles. The third kappa shape index (κ3) is 3.44. The summed E-state index contributed by atoms with van der Waals surface area (Å²) in [5, 5.41) is 32.2. The lowest BCUT2D eigenvalue weighted by atomic mass is 10.1. The number of phenols is 3. The Hall–Kier alpha value is -2.27. The summed E-state index contributed by atoms with van der Waals surface area (Å²) < 4.78 is 5.48. The molecule has 0 fully saturated rings. The molecule has 0 atom stereocenters. The Labute approximate surface area is 127 Å². The van der Waals surface area contributed by atoms with Gasteiger partial charge in [-0.2, -0.15) is 0 Å². The van der Waals surface area contributed by atoms with E-state index in [2.05, 4.69) is 5.32 Å². The number of halogens is 1. The van der Waals surface area contributed by atoms with Crippen LogP contribution in [0.2, 0.25) is 5.02 Å². The Morgan fingerprint density at radius 1 is 1.10 bits per heavy atom. The highest BCUT2D eigenvalue weighted by molar-refractivity contribution is 6.30. The van der Waals surface area contributed by atoms with Crippen LogP contribution in [0.25, 0.3) is 0 Å². The number of hydrogen-bond acceptors (Lipinski definition) is 5. The van der Waals surface area contributed by atoms with Gasteiger partial charge in [-0.25, -0.2) is 0 Å². The van der Waals surface area contributed by atoms with Gasteiger partial charge < -0.3 is 25.4 Å². The van der Waals surface area contributed by atoms with E-state index in [1.54, 1.807) is 18.2 Å². The summed E-state index contributed by atoms with van der Waals surface area (Å²) in [4.78, 5) is 0. The number of nitrogens with one attached hydrogen (secondary N) is 1. The van der Waals surface area contributed by atoms with Crippen molar-refractivity contribution < 1.29 is 20.1 Å². The lowest BCUT2D eigenvalue weighted by Gasteiger charge is -2.14. The highest BCUT2D eigenvalue weighted by atomic mass is 35.5. The number of anilines is 1. The zero-order valence-corrected chi connectivity index (χ0v) is 12.2. The lowest BCUT2D eigenvalue weighted by molar-refractivity contribution is 0.341. The van der Waals surface area contributed by atoms with Gasteiger partial charge in [-0.05, 0) is 37.3 Å².